The lowest BCUT2D eigenvalue weighted by atomic mass is 9.94. The fraction of sp³-hybridized carbons (Fsp3) is 0.609. The van der Waals surface area contributed by atoms with E-state index in [4.69, 9.17) is 14.6 Å². The highest BCUT2D eigenvalue weighted by Gasteiger charge is 2.28. The number of hydrogen-bond acceptors (Lipinski definition) is 5. The Bertz CT molecular complexity index is 889. The van der Waals surface area contributed by atoms with Crippen molar-refractivity contribution >= 4 is 17.5 Å². The zero-order valence-electron chi connectivity index (χ0n) is 18.9. The van der Waals surface area contributed by atoms with Gasteiger partial charge in [0.2, 0.25) is 0 Å². The van der Waals surface area contributed by atoms with Crippen molar-refractivity contribution in [2.45, 2.75) is 71.8 Å². The third-order valence-corrected chi connectivity index (χ3v) is 5.10. The van der Waals surface area contributed by atoms with E-state index in [1.54, 1.807) is 4.90 Å². The van der Waals surface area contributed by atoms with E-state index in [1.807, 2.05) is 50.7 Å². The minimum atomic E-state index is -0.467. The quantitative estimate of drug-likeness (QED) is 0.621. The second-order valence-electron chi connectivity index (χ2n) is 8.75. The highest BCUT2D eigenvalue weighted by Crippen LogP contribution is 2.29. The van der Waals surface area contributed by atoms with Gasteiger partial charge in [-0.2, -0.15) is 5.10 Å². The van der Waals surface area contributed by atoms with Crippen LogP contribution in [0.1, 0.15) is 77.5 Å². The summed E-state index contributed by atoms with van der Waals surface area (Å²) < 4.78 is 13.1. The molecule has 0 bridgehead atoms. The van der Waals surface area contributed by atoms with Crippen molar-refractivity contribution in [1.82, 2.24) is 19.5 Å². The summed E-state index contributed by atoms with van der Waals surface area (Å²) >= 11 is 0. The average molecular weight is 415 g/mol. The third kappa shape index (κ3) is 5.52. The molecule has 0 aliphatic carbocycles. The van der Waals surface area contributed by atoms with Gasteiger partial charge in [0, 0.05) is 37.5 Å². The van der Waals surface area contributed by atoms with E-state index in [0.29, 0.717) is 25.6 Å². The monoisotopic (exact) mass is 414 g/mol. The van der Waals surface area contributed by atoms with E-state index in [1.165, 1.54) is 0 Å². The molecule has 0 spiro atoms. The number of piperidine rings is 1. The van der Waals surface area contributed by atoms with Crippen LogP contribution in [0.2, 0.25) is 0 Å². The summed E-state index contributed by atoms with van der Waals surface area (Å²) in [6.45, 7) is 11.8. The largest absolute Gasteiger partial charge is 0.493 e. The van der Waals surface area contributed by atoms with Crippen LogP contribution >= 0.6 is 0 Å². The molecule has 0 aromatic carbocycles. The molecule has 164 valence electrons. The lowest BCUT2D eigenvalue weighted by Crippen LogP contribution is -2.41. The van der Waals surface area contributed by atoms with Crippen LogP contribution in [0.3, 0.4) is 0 Å². The summed E-state index contributed by atoms with van der Waals surface area (Å²) in [5.41, 5.74) is 2.33. The Kier molecular flexibility index (Phi) is 7.00. The molecule has 1 aliphatic heterocycles. The van der Waals surface area contributed by atoms with Crippen LogP contribution in [0, 0.1) is 0 Å². The van der Waals surface area contributed by atoms with E-state index in [-0.39, 0.29) is 6.09 Å². The van der Waals surface area contributed by atoms with Crippen LogP contribution in [0.15, 0.2) is 24.5 Å². The van der Waals surface area contributed by atoms with Crippen LogP contribution in [0.25, 0.3) is 11.4 Å². The van der Waals surface area contributed by atoms with Crippen LogP contribution < -0.4 is 0 Å². The molecule has 0 N–H and O–H groups in total. The number of carbonyl (C=O) groups excluding carboxylic acids is 1. The number of carbonyl (C=O) groups is 1. The number of likely N-dealkylation sites (tertiary alicyclic amines) is 1. The number of amides is 1. The number of aromatic nitrogens is 3. The highest BCUT2D eigenvalue weighted by atomic mass is 16.6. The Morgan fingerprint density at radius 3 is 2.63 bits per heavy atom. The number of hydrogen-bond donors (Lipinski definition) is 0. The van der Waals surface area contributed by atoms with E-state index in [9.17, 15) is 4.79 Å². The normalized spacial score (nSPS) is 16.2. The highest BCUT2D eigenvalue weighted by molar-refractivity contribution is 5.68. The Morgan fingerprint density at radius 1 is 1.27 bits per heavy atom. The molecule has 7 heteroatoms. The first-order valence-electron chi connectivity index (χ1n) is 11.0. The summed E-state index contributed by atoms with van der Waals surface area (Å²) in [5.74, 6) is 1.17. The first-order valence-corrected chi connectivity index (χ1v) is 11.0. The number of rotatable bonds is 6. The summed E-state index contributed by atoms with van der Waals surface area (Å²) in [7, 11) is 0. The zero-order chi connectivity index (χ0) is 21.7. The van der Waals surface area contributed by atoms with Crippen molar-refractivity contribution < 1.29 is 14.3 Å². The number of fused-ring (bicyclic) bond motifs is 1. The third-order valence-electron chi connectivity index (χ3n) is 5.10. The van der Waals surface area contributed by atoms with Crippen molar-refractivity contribution in [2.24, 2.45) is 0 Å². The summed E-state index contributed by atoms with van der Waals surface area (Å²) in [6.07, 6.45) is 9.50. The van der Waals surface area contributed by atoms with Gasteiger partial charge in [0.15, 0.2) is 5.65 Å². The molecule has 2 aromatic heterocycles. The molecule has 0 radical (unpaired) electrons. The molecular formula is C23H34N4O3. The molecule has 1 amide bonds. The molecule has 1 fully saturated rings. The Hall–Kier alpha value is -2.57. The molecule has 0 atom stereocenters. The summed E-state index contributed by atoms with van der Waals surface area (Å²) in [5, 5.41) is 4.79. The number of nitrogens with zero attached hydrogens (tertiary/aromatic N) is 4. The van der Waals surface area contributed by atoms with Gasteiger partial charge in [-0.1, -0.05) is 13.3 Å². The van der Waals surface area contributed by atoms with Crippen molar-refractivity contribution in [1.29, 1.82) is 0 Å². The molecule has 3 rings (SSSR count). The van der Waals surface area contributed by atoms with E-state index >= 15 is 0 Å². The SMILES string of the molecule is CCC/C=C(/OCC)c1cnc2cc(C3CCN(C(=O)OC(C)(C)C)CC3)nn2c1. The maximum Gasteiger partial charge on any atom is 0.410 e. The van der Waals surface area contributed by atoms with Gasteiger partial charge in [-0.3, -0.25) is 0 Å². The van der Waals surface area contributed by atoms with Crippen LogP contribution in [0.4, 0.5) is 4.79 Å². The zero-order valence-corrected chi connectivity index (χ0v) is 18.9. The number of ether oxygens (including phenoxy) is 2. The minimum Gasteiger partial charge on any atom is -0.493 e. The molecule has 2 aromatic rings. The van der Waals surface area contributed by atoms with E-state index < -0.39 is 5.60 Å². The second-order valence-corrected chi connectivity index (χ2v) is 8.75. The first-order chi connectivity index (χ1) is 14.3. The first kappa shape index (κ1) is 22.1. The number of unbranched alkanes of at least 4 members (excludes halogenated alkanes) is 1. The maximum absolute atomic E-state index is 12.3. The topological polar surface area (TPSA) is 69.0 Å². The van der Waals surface area contributed by atoms with Crippen molar-refractivity contribution in [3.63, 3.8) is 0 Å². The van der Waals surface area contributed by atoms with Gasteiger partial charge >= 0.3 is 6.09 Å². The Labute approximate surface area is 179 Å². The van der Waals surface area contributed by atoms with E-state index in [0.717, 1.165) is 48.3 Å². The molecule has 1 aliphatic rings. The van der Waals surface area contributed by atoms with Crippen LogP contribution in [0.5, 0.6) is 0 Å². The van der Waals surface area contributed by atoms with Gasteiger partial charge in [-0.15, -0.1) is 0 Å². The van der Waals surface area contributed by atoms with Gasteiger partial charge in [0.05, 0.1) is 17.9 Å². The molecule has 1 saturated heterocycles. The standard InChI is InChI=1S/C23H34N4O3/c1-6-8-9-20(29-7-2)18-15-24-21-14-19(25-27(21)16-18)17-10-12-26(13-11-17)22(28)30-23(3,4)5/h9,14-17H,6-8,10-13H2,1-5H3/b20-9+. The Morgan fingerprint density at radius 2 is 2.00 bits per heavy atom. The molecule has 0 unspecified atom stereocenters. The fourth-order valence-electron chi connectivity index (χ4n) is 3.60. The van der Waals surface area contributed by atoms with Crippen molar-refractivity contribution in [3.8, 4) is 0 Å². The molecule has 7 nitrogen and oxygen atoms in total. The summed E-state index contributed by atoms with van der Waals surface area (Å²) in [4.78, 5) is 18.7. The fourth-order valence-corrected chi connectivity index (χ4v) is 3.60. The van der Waals surface area contributed by atoms with Crippen molar-refractivity contribution in [3.05, 3.63) is 35.8 Å². The van der Waals surface area contributed by atoms with Gasteiger partial charge in [-0.05, 0) is 53.0 Å². The lowest BCUT2D eigenvalue weighted by Gasteiger charge is -2.32. The predicted octanol–water partition coefficient (Wildman–Crippen LogP) is 5.02. The molecule has 3 heterocycles. The second kappa shape index (κ2) is 9.49. The Balaban J connectivity index is 1.70. The van der Waals surface area contributed by atoms with Crippen molar-refractivity contribution in [2.75, 3.05) is 19.7 Å². The smallest absolute Gasteiger partial charge is 0.410 e. The molecule has 30 heavy (non-hydrogen) atoms. The maximum atomic E-state index is 12.3. The predicted molar refractivity (Wildman–Crippen MR) is 117 cm³/mol. The minimum absolute atomic E-state index is 0.232. The van der Waals surface area contributed by atoms with Gasteiger partial charge in [0.25, 0.3) is 0 Å². The number of allylic oxidation sites excluding steroid dienone is 1. The lowest BCUT2D eigenvalue weighted by molar-refractivity contribution is 0.0204. The van der Waals surface area contributed by atoms with Crippen LogP contribution in [-0.4, -0.2) is 50.9 Å². The average Bonchev–Trinajstić information content (AvgIpc) is 3.13. The van der Waals surface area contributed by atoms with Gasteiger partial charge in [-0.25, -0.2) is 14.3 Å². The molecule has 0 saturated carbocycles. The van der Waals surface area contributed by atoms with Crippen LogP contribution in [-0.2, 0) is 9.47 Å². The van der Waals surface area contributed by atoms with E-state index in [2.05, 4.69) is 18.0 Å². The summed E-state index contributed by atoms with van der Waals surface area (Å²) in [6, 6.07) is 2.05. The van der Waals surface area contributed by atoms with Gasteiger partial charge in [0.1, 0.15) is 11.4 Å². The van der Waals surface area contributed by atoms with Gasteiger partial charge < -0.3 is 14.4 Å². The molecular weight excluding hydrogens is 380 g/mol.